The van der Waals surface area contributed by atoms with Crippen molar-refractivity contribution in [1.82, 2.24) is 9.97 Å². The Hall–Kier alpha value is -1.00. The highest BCUT2D eigenvalue weighted by atomic mass is 16.5. The van der Waals surface area contributed by atoms with Crippen LogP contribution in [-0.4, -0.2) is 17.1 Å². The number of ether oxygens (including phenoxy) is 1. The second kappa shape index (κ2) is 5.33. The molecule has 1 heterocycles. The average molecular weight is 289 g/mol. The fraction of sp³-hybridized carbons (Fsp3) is 0.765. The molecule has 1 aromatic heterocycles. The monoisotopic (exact) mass is 289 g/mol. The second-order valence-corrected chi connectivity index (χ2v) is 7.46. The number of nitrogens with two attached hydrogens (primary N) is 1. The molecule has 2 aliphatic rings. The maximum absolute atomic E-state index is 6.16. The summed E-state index contributed by atoms with van der Waals surface area (Å²) in [4.78, 5) is 9.50. The Morgan fingerprint density at radius 2 is 1.95 bits per heavy atom. The Morgan fingerprint density at radius 1 is 1.24 bits per heavy atom. The van der Waals surface area contributed by atoms with Gasteiger partial charge in [-0.25, -0.2) is 9.97 Å². The van der Waals surface area contributed by atoms with Gasteiger partial charge in [0.05, 0.1) is 0 Å². The number of hydrogen-bond acceptors (Lipinski definition) is 4. The summed E-state index contributed by atoms with van der Waals surface area (Å²) in [7, 11) is 1.80. The molecule has 116 valence electrons. The van der Waals surface area contributed by atoms with Gasteiger partial charge in [0.25, 0.3) is 0 Å². The first kappa shape index (κ1) is 14.9. The van der Waals surface area contributed by atoms with Crippen molar-refractivity contribution in [3.8, 4) is 0 Å². The Labute approximate surface area is 127 Å². The third-order valence-corrected chi connectivity index (χ3v) is 5.44. The highest BCUT2D eigenvalue weighted by Gasteiger charge is 2.42. The Kier molecular flexibility index (Phi) is 3.78. The third kappa shape index (κ3) is 2.71. The standard InChI is InChI=1S/C17H27N3O/c1-16(2)7-9-17(21-3,10-8-16)15-19-11-12-13(18)5-4-6-14(12)20-15/h11,13H,4-10,18H2,1-3H3. The van der Waals surface area contributed by atoms with E-state index >= 15 is 0 Å². The molecule has 1 unspecified atom stereocenters. The van der Waals surface area contributed by atoms with Gasteiger partial charge in [0.2, 0.25) is 0 Å². The van der Waals surface area contributed by atoms with Gasteiger partial charge in [-0.3, -0.25) is 0 Å². The van der Waals surface area contributed by atoms with Crippen molar-refractivity contribution in [3.63, 3.8) is 0 Å². The number of methoxy groups -OCH3 is 1. The minimum absolute atomic E-state index is 0.103. The van der Waals surface area contributed by atoms with Crippen molar-refractivity contribution in [2.75, 3.05) is 7.11 Å². The summed E-state index contributed by atoms with van der Waals surface area (Å²) in [5.74, 6) is 0.869. The Morgan fingerprint density at radius 3 is 2.62 bits per heavy atom. The van der Waals surface area contributed by atoms with Crippen LogP contribution >= 0.6 is 0 Å². The number of hydrogen-bond donors (Lipinski definition) is 1. The van der Waals surface area contributed by atoms with E-state index < -0.39 is 0 Å². The van der Waals surface area contributed by atoms with Gasteiger partial charge >= 0.3 is 0 Å². The molecule has 0 aromatic carbocycles. The van der Waals surface area contributed by atoms with Crippen LogP contribution in [0.5, 0.6) is 0 Å². The second-order valence-electron chi connectivity index (χ2n) is 7.46. The number of nitrogens with zero attached hydrogens (tertiary/aromatic N) is 2. The van der Waals surface area contributed by atoms with E-state index in [2.05, 4.69) is 18.8 Å². The molecule has 1 atom stereocenters. The zero-order valence-electron chi connectivity index (χ0n) is 13.5. The maximum Gasteiger partial charge on any atom is 0.160 e. The molecule has 1 aromatic rings. The molecule has 0 amide bonds. The van der Waals surface area contributed by atoms with Crippen molar-refractivity contribution >= 4 is 0 Å². The van der Waals surface area contributed by atoms with Crippen molar-refractivity contribution in [2.45, 2.75) is 70.4 Å². The Bertz CT molecular complexity index is 517. The van der Waals surface area contributed by atoms with Crippen molar-refractivity contribution in [3.05, 3.63) is 23.3 Å². The predicted octanol–water partition coefficient (Wildman–Crippen LogP) is 3.25. The molecular weight excluding hydrogens is 262 g/mol. The summed E-state index contributed by atoms with van der Waals surface area (Å²) in [6.45, 7) is 4.67. The van der Waals surface area contributed by atoms with Gasteiger partial charge in [0.15, 0.2) is 5.82 Å². The average Bonchev–Trinajstić information content (AvgIpc) is 2.48. The van der Waals surface area contributed by atoms with Crippen LogP contribution in [0.1, 0.15) is 75.5 Å². The number of fused-ring (bicyclic) bond motifs is 1. The molecule has 2 N–H and O–H groups in total. The summed E-state index contributed by atoms with van der Waals surface area (Å²) >= 11 is 0. The van der Waals surface area contributed by atoms with E-state index in [0.717, 1.165) is 62.0 Å². The predicted molar refractivity (Wildman–Crippen MR) is 82.8 cm³/mol. The van der Waals surface area contributed by atoms with Crippen LogP contribution in [0.4, 0.5) is 0 Å². The summed E-state index contributed by atoms with van der Waals surface area (Å²) < 4.78 is 5.92. The van der Waals surface area contributed by atoms with Gasteiger partial charge in [-0.05, 0) is 50.4 Å². The molecule has 4 nitrogen and oxygen atoms in total. The van der Waals surface area contributed by atoms with Crippen LogP contribution in [0.15, 0.2) is 6.20 Å². The largest absolute Gasteiger partial charge is 0.370 e. The van der Waals surface area contributed by atoms with Crippen LogP contribution < -0.4 is 5.73 Å². The summed E-state index contributed by atoms with van der Waals surface area (Å²) in [6, 6.07) is 0.103. The van der Waals surface area contributed by atoms with E-state index in [1.54, 1.807) is 7.11 Å². The van der Waals surface area contributed by atoms with Gasteiger partial charge in [0, 0.05) is 30.6 Å². The molecule has 1 saturated carbocycles. The molecule has 0 bridgehead atoms. The molecule has 0 aliphatic heterocycles. The fourth-order valence-electron chi connectivity index (χ4n) is 3.65. The minimum Gasteiger partial charge on any atom is -0.370 e. The zero-order chi connectivity index (χ0) is 15.1. The lowest BCUT2D eigenvalue weighted by Crippen LogP contribution is -2.38. The van der Waals surface area contributed by atoms with E-state index in [1.807, 2.05) is 6.20 Å². The molecule has 2 aliphatic carbocycles. The summed E-state index contributed by atoms with van der Waals surface area (Å²) in [5.41, 5.74) is 8.54. The summed E-state index contributed by atoms with van der Waals surface area (Å²) in [5, 5.41) is 0. The number of aromatic nitrogens is 2. The maximum atomic E-state index is 6.16. The van der Waals surface area contributed by atoms with Crippen LogP contribution in [0, 0.1) is 5.41 Å². The topological polar surface area (TPSA) is 61.0 Å². The van der Waals surface area contributed by atoms with Crippen LogP contribution in [-0.2, 0) is 16.8 Å². The van der Waals surface area contributed by atoms with E-state index in [-0.39, 0.29) is 11.6 Å². The lowest BCUT2D eigenvalue weighted by molar-refractivity contribution is -0.0731. The minimum atomic E-state index is -0.300. The highest BCUT2D eigenvalue weighted by molar-refractivity contribution is 5.25. The number of rotatable bonds is 2. The third-order valence-electron chi connectivity index (χ3n) is 5.44. The number of aryl methyl sites for hydroxylation is 1. The highest BCUT2D eigenvalue weighted by Crippen LogP contribution is 2.46. The van der Waals surface area contributed by atoms with Gasteiger partial charge < -0.3 is 10.5 Å². The van der Waals surface area contributed by atoms with Crippen LogP contribution in [0.3, 0.4) is 0 Å². The lowest BCUT2D eigenvalue weighted by atomic mass is 9.70. The van der Waals surface area contributed by atoms with Gasteiger partial charge in [-0.2, -0.15) is 0 Å². The normalized spacial score (nSPS) is 27.1. The van der Waals surface area contributed by atoms with Gasteiger partial charge in [-0.15, -0.1) is 0 Å². The van der Waals surface area contributed by atoms with Crippen LogP contribution in [0.25, 0.3) is 0 Å². The molecule has 0 saturated heterocycles. The molecular formula is C17H27N3O. The molecule has 1 fully saturated rings. The van der Waals surface area contributed by atoms with E-state index in [1.165, 1.54) is 0 Å². The first-order valence-electron chi connectivity index (χ1n) is 8.13. The quantitative estimate of drug-likeness (QED) is 0.908. The Balaban J connectivity index is 1.92. The summed E-state index contributed by atoms with van der Waals surface area (Å²) in [6.07, 6.45) is 9.44. The SMILES string of the molecule is COC1(c2ncc3c(n2)CCCC3N)CCC(C)(C)CC1. The van der Waals surface area contributed by atoms with E-state index in [9.17, 15) is 0 Å². The molecule has 0 spiro atoms. The lowest BCUT2D eigenvalue weighted by Gasteiger charge is -2.41. The van der Waals surface area contributed by atoms with Crippen molar-refractivity contribution < 1.29 is 4.74 Å². The molecule has 21 heavy (non-hydrogen) atoms. The van der Waals surface area contributed by atoms with Crippen molar-refractivity contribution in [2.24, 2.45) is 11.1 Å². The molecule has 3 rings (SSSR count). The fourth-order valence-corrected chi connectivity index (χ4v) is 3.65. The first-order valence-corrected chi connectivity index (χ1v) is 8.13. The van der Waals surface area contributed by atoms with Crippen LogP contribution in [0.2, 0.25) is 0 Å². The van der Waals surface area contributed by atoms with E-state index in [4.69, 9.17) is 15.5 Å². The zero-order valence-corrected chi connectivity index (χ0v) is 13.5. The first-order chi connectivity index (χ1) is 9.96. The van der Waals surface area contributed by atoms with Crippen molar-refractivity contribution in [1.29, 1.82) is 0 Å². The van der Waals surface area contributed by atoms with Gasteiger partial charge in [-0.1, -0.05) is 13.8 Å². The van der Waals surface area contributed by atoms with Gasteiger partial charge in [0.1, 0.15) is 5.60 Å². The molecule has 0 radical (unpaired) electrons. The smallest absolute Gasteiger partial charge is 0.160 e. The molecule has 4 heteroatoms. The van der Waals surface area contributed by atoms with E-state index in [0.29, 0.717) is 5.41 Å².